The number of fused-ring (bicyclic) bond motifs is 2. The van der Waals surface area contributed by atoms with Crippen LogP contribution in [0, 0.1) is 0 Å². The summed E-state index contributed by atoms with van der Waals surface area (Å²) in [5.41, 5.74) is 5.34. The topological polar surface area (TPSA) is 74.3 Å². The molecular formula is C39H27N5O2S. The van der Waals surface area contributed by atoms with Gasteiger partial charge in [-0.25, -0.2) is 4.68 Å². The van der Waals surface area contributed by atoms with Gasteiger partial charge in [0.25, 0.3) is 5.56 Å². The van der Waals surface area contributed by atoms with Crippen molar-refractivity contribution in [2.75, 3.05) is 0 Å². The molecule has 0 saturated heterocycles. The van der Waals surface area contributed by atoms with E-state index in [2.05, 4.69) is 40.4 Å². The lowest BCUT2D eigenvalue weighted by Gasteiger charge is -2.10. The Kier molecular flexibility index (Phi) is 7.45. The number of hydrogen-bond acceptors (Lipinski definition) is 6. The Hall–Kier alpha value is -6.12. The van der Waals surface area contributed by atoms with Gasteiger partial charge in [-0.1, -0.05) is 108 Å². The second-order valence-corrected chi connectivity index (χ2v) is 12.0. The van der Waals surface area contributed by atoms with Gasteiger partial charge >= 0.3 is 0 Å². The van der Waals surface area contributed by atoms with E-state index >= 15 is 0 Å². The van der Waals surface area contributed by atoms with Crippen LogP contribution in [0.2, 0.25) is 0 Å². The average Bonchev–Trinajstić information content (AvgIpc) is 3.82. The van der Waals surface area contributed by atoms with E-state index in [0.717, 1.165) is 39.4 Å². The molecule has 0 saturated carbocycles. The Morgan fingerprint density at radius 2 is 1.49 bits per heavy atom. The third kappa shape index (κ3) is 5.85. The molecule has 0 amide bonds. The van der Waals surface area contributed by atoms with E-state index in [4.69, 9.17) is 9.84 Å². The predicted molar refractivity (Wildman–Crippen MR) is 189 cm³/mol. The molecule has 0 aliphatic carbocycles. The lowest BCUT2D eigenvalue weighted by molar-refractivity contribution is 0.308. The molecule has 3 heterocycles. The smallest absolute Gasteiger partial charge is 0.291 e. The molecule has 0 aliphatic rings. The molecule has 0 N–H and O–H groups in total. The molecule has 226 valence electrons. The van der Waals surface area contributed by atoms with Gasteiger partial charge in [-0.3, -0.25) is 4.79 Å². The van der Waals surface area contributed by atoms with Gasteiger partial charge in [0, 0.05) is 17.3 Å². The molecule has 0 spiro atoms. The van der Waals surface area contributed by atoms with E-state index in [0.29, 0.717) is 21.9 Å². The van der Waals surface area contributed by atoms with Gasteiger partial charge in [0.1, 0.15) is 18.1 Å². The van der Waals surface area contributed by atoms with Crippen LogP contribution in [0.1, 0.15) is 22.5 Å². The van der Waals surface area contributed by atoms with Crippen molar-refractivity contribution in [3.63, 3.8) is 0 Å². The summed E-state index contributed by atoms with van der Waals surface area (Å²) in [5.74, 6) is 1.25. The SMILES string of the molecule is O=c1/c(=C/c2cn(-c3ccccc3)nc2-c2ccc(OCc3cccc4ccccc34)cc2)sc2nc(/C=C/c3ccccc3)nn12. The van der Waals surface area contributed by atoms with Crippen molar-refractivity contribution in [2.45, 2.75) is 6.61 Å². The summed E-state index contributed by atoms with van der Waals surface area (Å²) in [6, 6.07) is 42.3. The number of ether oxygens (including phenoxy) is 1. The number of para-hydroxylation sites is 1. The van der Waals surface area contributed by atoms with E-state index in [1.807, 2.05) is 126 Å². The molecule has 0 aliphatic heterocycles. The van der Waals surface area contributed by atoms with Crippen molar-refractivity contribution in [3.05, 3.63) is 171 Å². The first-order valence-corrected chi connectivity index (χ1v) is 16.0. The average molecular weight is 630 g/mol. The first-order valence-electron chi connectivity index (χ1n) is 15.2. The number of benzene rings is 5. The number of thiazole rings is 1. The zero-order chi connectivity index (χ0) is 31.6. The third-order valence-corrected chi connectivity index (χ3v) is 8.83. The molecule has 3 aromatic heterocycles. The molecule has 0 bridgehead atoms. The van der Waals surface area contributed by atoms with Gasteiger partial charge in [-0.2, -0.15) is 14.6 Å². The van der Waals surface area contributed by atoms with Crippen LogP contribution in [0.3, 0.4) is 0 Å². The third-order valence-electron chi connectivity index (χ3n) is 7.87. The molecule has 0 radical (unpaired) electrons. The maximum absolute atomic E-state index is 13.4. The molecule has 5 aromatic carbocycles. The second kappa shape index (κ2) is 12.3. The van der Waals surface area contributed by atoms with Crippen LogP contribution in [-0.4, -0.2) is 24.4 Å². The normalized spacial score (nSPS) is 12.0. The zero-order valence-electron chi connectivity index (χ0n) is 25.1. The first-order chi connectivity index (χ1) is 23.2. The second-order valence-electron chi connectivity index (χ2n) is 11.0. The highest BCUT2D eigenvalue weighted by Gasteiger charge is 2.14. The number of hydrogen-bond donors (Lipinski definition) is 0. The van der Waals surface area contributed by atoms with Gasteiger partial charge in [0.2, 0.25) is 4.96 Å². The Morgan fingerprint density at radius 1 is 0.745 bits per heavy atom. The van der Waals surface area contributed by atoms with Crippen LogP contribution in [0.4, 0.5) is 0 Å². The van der Waals surface area contributed by atoms with Crippen molar-refractivity contribution in [1.29, 1.82) is 0 Å². The summed E-state index contributed by atoms with van der Waals surface area (Å²) >= 11 is 1.31. The lowest BCUT2D eigenvalue weighted by Crippen LogP contribution is -2.23. The molecule has 47 heavy (non-hydrogen) atoms. The molecule has 0 unspecified atom stereocenters. The highest BCUT2D eigenvalue weighted by atomic mass is 32.1. The monoisotopic (exact) mass is 629 g/mol. The van der Waals surface area contributed by atoms with Crippen LogP contribution in [0.25, 0.3) is 50.9 Å². The van der Waals surface area contributed by atoms with Gasteiger partial charge in [0.15, 0.2) is 5.82 Å². The summed E-state index contributed by atoms with van der Waals surface area (Å²) in [5, 5.41) is 11.8. The Balaban J connectivity index is 1.11. The van der Waals surface area contributed by atoms with Gasteiger partial charge in [-0.05, 0) is 70.4 Å². The zero-order valence-corrected chi connectivity index (χ0v) is 25.9. The Bertz CT molecular complexity index is 2480. The lowest BCUT2D eigenvalue weighted by atomic mass is 10.1. The standard InChI is InChI=1S/C39H27N5O2S/c45-38-35(47-39-40-36(41-44(38)39)23-18-27-10-3-1-4-11-27)24-31-25-43(32-15-5-2-6-16-32)42-37(31)29-19-21-33(22-20-29)46-26-30-14-9-13-28-12-7-8-17-34(28)30/h1-25H,26H2/b23-18+,35-24-. The van der Waals surface area contributed by atoms with Gasteiger partial charge in [0.05, 0.1) is 10.2 Å². The summed E-state index contributed by atoms with van der Waals surface area (Å²) in [4.78, 5) is 18.6. The first kappa shape index (κ1) is 28.4. The highest BCUT2D eigenvalue weighted by Crippen LogP contribution is 2.27. The maximum atomic E-state index is 13.4. The van der Waals surface area contributed by atoms with E-state index in [9.17, 15) is 4.79 Å². The van der Waals surface area contributed by atoms with E-state index in [-0.39, 0.29) is 5.56 Å². The van der Waals surface area contributed by atoms with Crippen LogP contribution in [-0.2, 0) is 6.61 Å². The molecular weight excluding hydrogens is 603 g/mol. The van der Waals surface area contributed by atoms with Crippen molar-refractivity contribution < 1.29 is 4.74 Å². The molecule has 8 heteroatoms. The predicted octanol–water partition coefficient (Wildman–Crippen LogP) is 7.45. The number of nitrogens with zero attached hydrogens (tertiary/aromatic N) is 5. The largest absolute Gasteiger partial charge is 0.489 e. The van der Waals surface area contributed by atoms with Crippen LogP contribution >= 0.6 is 11.3 Å². The van der Waals surface area contributed by atoms with Crippen molar-refractivity contribution in [3.8, 4) is 22.7 Å². The Labute approximate surface area is 274 Å². The van der Waals surface area contributed by atoms with Crippen LogP contribution < -0.4 is 14.8 Å². The van der Waals surface area contributed by atoms with E-state index in [1.54, 1.807) is 0 Å². The number of aromatic nitrogens is 5. The molecule has 0 fully saturated rings. The molecule has 7 nitrogen and oxygen atoms in total. The minimum Gasteiger partial charge on any atom is -0.489 e. The fourth-order valence-corrected chi connectivity index (χ4v) is 6.42. The van der Waals surface area contributed by atoms with E-state index in [1.165, 1.54) is 26.6 Å². The van der Waals surface area contributed by atoms with Crippen molar-refractivity contribution in [1.82, 2.24) is 24.4 Å². The quantitative estimate of drug-likeness (QED) is 0.175. The van der Waals surface area contributed by atoms with Gasteiger partial charge < -0.3 is 4.74 Å². The Morgan fingerprint density at radius 3 is 2.30 bits per heavy atom. The van der Waals surface area contributed by atoms with Crippen LogP contribution in [0.5, 0.6) is 5.75 Å². The van der Waals surface area contributed by atoms with Crippen LogP contribution in [0.15, 0.2) is 138 Å². The highest BCUT2D eigenvalue weighted by molar-refractivity contribution is 7.15. The summed E-state index contributed by atoms with van der Waals surface area (Å²) in [6.07, 6.45) is 7.56. The molecule has 8 rings (SSSR count). The van der Waals surface area contributed by atoms with Gasteiger partial charge in [-0.15, -0.1) is 5.10 Å². The maximum Gasteiger partial charge on any atom is 0.291 e. The minimum atomic E-state index is -0.215. The fourth-order valence-electron chi connectivity index (χ4n) is 5.51. The van der Waals surface area contributed by atoms with Crippen molar-refractivity contribution >= 4 is 45.3 Å². The fraction of sp³-hybridized carbons (Fsp3) is 0.0256. The minimum absolute atomic E-state index is 0.215. The molecule has 0 atom stereocenters. The summed E-state index contributed by atoms with van der Waals surface area (Å²) < 4.78 is 9.92. The number of rotatable bonds is 8. The van der Waals surface area contributed by atoms with Crippen molar-refractivity contribution in [2.24, 2.45) is 0 Å². The summed E-state index contributed by atoms with van der Waals surface area (Å²) in [6.45, 7) is 0.465. The summed E-state index contributed by atoms with van der Waals surface area (Å²) in [7, 11) is 0. The molecule has 8 aromatic rings. The van der Waals surface area contributed by atoms with E-state index < -0.39 is 0 Å².